The molecular weight excluding hydrogens is 693 g/mol. The van der Waals surface area contributed by atoms with E-state index in [9.17, 15) is 0 Å². The molecule has 2 aromatic heterocycles. The van der Waals surface area contributed by atoms with Gasteiger partial charge in [0.1, 0.15) is 0 Å². The van der Waals surface area contributed by atoms with Crippen LogP contribution >= 0.6 is 0 Å². The van der Waals surface area contributed by atoms with Crippen molar-refractivity contribution >= 4 is 21.8 Å². The van der Waals surface area contributed by atoms with E-state index in [4.69, 9.17) is 0 Å². The zero-order chi connectivity index (χ0) is 38.1. The van der Waals surface area contributed by atoms with Crippen molar-refractivity contribution in [2.24, 2.45) is 0 Å². The molecule has 4 heteroatoms. The highest BCUT2D eigenvalue weighted by Crippen LogP contribution is 2.49. The van der Waals surface area contributed by atoms with Gasteiger partial charge in [0.15, 0.2) is 11.6 Å². The van der Waals surface area contributed by atoms with E-state index in [-0.39, 0.29) is 5.41 Å². The Morgan fingerprint density at radius 2 is 0.860 bits per heavy atom. The van der Waals surface area contributed by atoms with E-state index in [0.29, 0.717) is 0 Å². The topological polar surface area (TPSA) is 35.6 Å². The highest BCUT2D eigenvalue weighted by atomic mass is 15.3. The third kappa shape index (κ3) is 5.29. The van der Waals surface area contributed by atoms with Crippen LogP contribution in [-0.2, 0) is 5.41 Å². The van der Waals surface area contributed by atoms with Crippen molar-refractivity contribution in [3.8, 4) is 67.5 Å². The predicted molar refractivity (Wildman–Crippen MR) is 235 cm³/mol. The number of rotatable bonds is 6. The Balaban J connectivity index is 0.980. The molecule has 0 N–H and O–H groups in total. The second kappa shape index (κ2) is 12.9. The minimum atomic E-state index is -0.0357. The fourth-order valence-electron chi connectivity index (χ4n) is 9.02. The van der Waals surface area contributed by atoms with Crippen LogP contribution in [-0.4, -0.2) is 19.3 Å². The maximum Gasteiger partial charge on any atom is 0.168 e. The Morgan fingerprint density at radius 1 is 0.351 bits per heavy atom. The normalized spacial score (nSPS) is 12.9. The number of fused-ring (bicyclic) bond motifs is 6. The Hall–Kier alpha value is -7.30. The van der Waals surface area contributed by atoms with E-state index in [0.717, 1.165) is 34.2 Å². The van der Waals surface area contributed by atoms with Crippen LogP contribution in [0.25, 0.3) is 89.3 Å². The number of nitrogens with zero attached hydrogens (tertiary/aromatic N) is 4. The summed E-state index contributed by atoms with van der Waals surface area (Å²) in [5.41, 5.74) is 16.8. The van der Waals surface area contributed by atoms with Gasteiger partial charge >= 0.3 is 0 Å². The van der Waals surface area contributed by atoms with Gasteiger partial charge in [-0.05, 0) is 99.1 Å². The zero-order valence-corrected chi connectivity index (χ0v) is 31.8. The molecule has 0 fully saturated rings. The number of hydrogen-bond acceptors (Lipinski definition) is 2. The maximum absolute atomic E-state index is 4.68. The molecule has 0 spiro atoms. The van der Waals surface area contributed by atoms with E-state index in [1.165, 1.54) is 66.3 Å². The molecule has 0 aliphatic heterocycles. The van der Waals surface area contributed by atoms with Gasteiger partial charge in [0, 0.05) is 38.7 Å². The zero-order valence-electron chi connectivity index (χ0n) is 31.8. The lowest BCUT2D eigenvalue weighted by molar-refractivity contribution is 0.660. The van der Waals surface area contributed by atoms with E-state index >= 15 is 0 Å². The Kier molecular flexibility index (Phi) is 7.48. The summed E-state index contributed by atoms with van der Waals surface area (Å²) < 4.78 is 4.53. The summed E-state index contributed by atoms with van der Waals surface area (Å²) in [5, 5.41) is 11.8. The Morgan fingerprint density at radius 3 is 1.56 bits per heavy atom. The molecule has 0 saturated heterocycles. The van der Waals surface area contributed by atoms with E-state index in [1.807, 2.05) is 36.4 Å². The fraction of sp³-hybridized carbons (Fsp3) is 0.0566. The lowest BCUT2D eigenvalue weighted by atomic mass is 9.81. The van der Waals surface area contributed by atoms with Gasteiger partial charge < -0.3 is 4.57 Å². The van der Waals surface area contributed by atoms with Crippen molar-refractivity contribution < 1.29 is 0 Å². The van der Waals surface area contributed by atoms with Crippen LogP contribution in [0.3, 0.4) is 0 Å². The maximum atomic E-state index is 4.68. The summed E-state index contributed by atoms with van der Waals surface area (Å²) in [6.07, 6.45) is 0. The molecule has 0 amide bonds. The first-order chi connectivity index (χ1) is 28.0. The predicted octanol–water partition coefficient (Wildman–Crippen LogP) is 13.3. The molecule has 1 aliphatic carbocycles. The number of para-hydroxylation sites is 1. The second-order valence-electron chi connectivity index (χ2n) is 15.5. The molecule has 0 unspecified atom stereocenters. The number of aromatic nitrogens is 4. The number of hydrogen-bond donors (Lipinski definition) is 0. The summed E-state index contributed by atoms with van der Waals surface area (Å²) >= 11 is 0. The molecule has 11 rings (SSSR count). The first-order valence-corrected chi connectivity index (χ1v) is 19.6. The van der Waals surface area contributed by atoms with Gasteiger partial charge in [-0.25, -0.2) is 0 Å². The molecule has 0 bridgehead atoms. The Labute approximate surface area is 332 Å². The lowest BCUT2D eigenvalue weighted by Crippen LogP contribution is -2.14. The van der Waals surface area contributed by atoms with Crippen molar-refractivity contribution in [1.29, 1.82) is 0 Å². The quantitative estimate of drug-likeness (QED) is 0.171. The minimum Gasteiger partial charge on any atom is -0.309 e. The largest absolute Gasteiger partial charge is 0.309 e. The van der Waals surface area contributed by atoms with Gasteiger partial charge in [0.05, 0.1) is 11.0 Å². The van der Waals surface area contributed by atoms with E-state index in [2.05, 4.69) is 191 Å². The average Bonchev–Trinajstić information content (AvgIpc) is 3.93. The summed E-state index contributed by atoms with van der Waals surface area (Å²) in [7, 11) is 0. The highest BCUT2D eigenvalue weighted by molar-refractivity contribution is 6.10. The molecule has 0 saturated carbocycles. The van der Waals surface area contributed by atoms with Crippen LogP contribution < -0.4 is 0 Å². The summed E-state index contributed by atoms with van der Waals surface area (Å²) in [5.74, 6) is 1.61. The van der Waals surface area contributed by atoms with Gasteiger partial charge in [-0.1, -0.05) is 153 Å². The van der Waals surface area contributed by atoms with Crippen molar-refractivity contribution in [1.82, 2.24) is 19.3 Å². The van der Waals surface area contributed by atoms with Crippen LogP contribution in [0.2, 0.25) is 0 Å². The molecule has 0 atom stereocenters. The van der Waals surface area contributed by atoms with Crippen LogP contribution in [0.5, 0.6) is 0 Å². The molecule has 8 aromatic carbocycles. The van der Waals surface area contributed by atoms with Crippen molar-refractivity contribution in [3.63, 3.8) is 0 Å². The van der Waals surface area contributed by atoms with Crippen LogP contribution in [0.15, 0.2) is 194 Å². The van der Waals surface area contributed by atoms with Gasteiger partial charge in [0.2, 0.25) is 0 Å². The van der Waals surface area contributed by atoms with E-state index in [1.54, 1.807) is 0 Å². The fourth-order valence-corrected chi connectivity index (χ4v) is 9.02. The summed E-state index contributed by atoms with van der Waals surface area (Å²) in [6.45, 7) is 4.69. The van der Waals surface area contributed by atoms with Crippen LogP contribution in [0.4, 0.5) is 0 Å². The van der Waals surface area contributed by atoms with E-state index < -0.39 is 0 Å². The van der Waals surface area contributed by atoms with Crippen LogP contribution in [0.1, 0.15) is 25.0 Å². The van der Waals surface area contributed by atoms with Crippen molar-refractivity contribution in [3.05, 3.63) is 205 Å². The van der Waals surface area contributed by atoms with Gasteiger partial charge in [-0.3, -0.25) is 4.57 Å². The third-order valence-electron chi connectivity index (χ3n) is 11.9. The first kappa shape index (κ1) is 33.1. The summed E-state index contributed by atoms with van der Waals surface area (Å²) in [4.78, 5) is 0. The molecule has 1 aliphatic rings. The molecule has 10 aromatic rings. The molecule has 4 nitrogen and oxygen atoms in total. The molecule has 57 heavy (non-hydrogen) atoms. The van der Waals surface area contributed by atoms with Gasteiger partial charge in [-0.15, -0.1) is 10.2 Å². The lowest BCUT2D eigenvalue weighted by Gasteiger charge is -2.22. The smallest absolute Gasteiger partial charge is 0.168 e. The average molecular weight is 731 g/mol. The molecular formula is C53H38N4. The minimum absolute atomic E-state index is 0.0357. The van der Waals surface area contributed by atoms with Gasteiger partial charge in [-0.2, -0.15) is 0 Å². The molecule has 0 radical (unpaired) electrons. The highest BCUT2D eigenvalue weighted by Gasteiger charge is 2.35. The Bertz CT molecular complexity index is 3080. The third-order valence-corrected chi connectivity index (χ3v) is 11.9. The second-order valence-corrected chi connectivity index (χ2v) is 15.5. The molecule has 270 valence electrons. The monoisotopic (exact) mass is 730 g/mol. The molecule has 2 heterocycles. The van der Waals surface area contributed by atoms with Crippen molar-refractivity contribution in [2.45, 2.75) is 19.3 Å². The number of benzene rings is 8. The van der Waals surface area contributed by atoms with Crippen molar-refractivity contribution in [2.75, 3.05) is 0 Å². The standard InChI is InChI=1S/C53H38N4/c1-53(2)47-22-11-9-20-43(47)44-30-24-40(34-48(44)53)38-19-13-18-37(32-38)39-25-31-50-46(33-39)45-21-10-12-23-49(45)56(50)41-26-28-42(29-27-41)57-51(35-14-5-3-6-15-35)54-55-52(57)36-16-7-4-8-17-36/h3-34H,1-2H3. The van der Waals surface area contributed by atoms with Gasteiger partial charge in [0.25, 0.3) is 0 Å². The first-order valence-electron chi connectivity index (χ1n) is 19.6. The summed E-state index contributed by atoms with van der Waals surface area (Å²) in [6, 6.07) is 69.8. The SMILES string of the molecule is CC1(C)c2ccccc2-c2ccc(-c3cccc(-c4ccc5c(c4)c4ccccc4n5-c4ccc(-n5c(-c6ccccc6)nnc5-c5ccccc5)cc4)c3)cc21. The van der Waals surface area contributed by atoms with Crippen LogP contribution in [0, 0.1) is 0 Å².